The van der Waals surface area contributed by atoms with E-state index in [1.54, 1.807) is 0 Å². The van der Waals surface area contributed by atoms with E-state index in [4.69, 9.17) is 4.74 Å². The lowest BCUT2D eigenvalue weighted by Crippen LogP contribution is -2.25. The molecule has 0 radical (unpaired) electrons. The van der Waals surface area contributed by atoms with Crippen LogP contribution in [0.5, 0.6) is 5.75 Å². The third-order valence-corrected chi connectivity index (χ3v) is 3.37. The number of hydrogen-bond acceptors (Lipinski definition) is 3. The highest BCUT2D eigenvalue weighted by molar-refractivity contribution is 9.10. The van der Waals surface area contributed by atoms with Crippen LogP contribution in [-0.2, 0) is 4.79 Å². The van der Waals surface area contributed by atoms with Crippen molar-refractivity contribution in [2.45, 2.75) is 33.6 Å². The molecule has 0 aliphatic rings. The molecule has 0 saturated carbocycles. The summed E-state index contributed by atoms with van der Waals surface area (Å²) in [7, 11) is 0. The Morgan fingerprint density at radius 2 is 2.21 bits per heavy atom. The standard InChI is InChI=1S/C14H19BrN2O2/c1-4-5-11(3)16-17-14(18)9-19-12-6-7-13(15)10(2)8-12/h6-8H,4-5,9H2,1-3H3,(H,17,18)/b16-11+. The van der Waals surface area contributed by atoms with Gasteiger partial charge >= 0.3 is 0 Å². The number of nitrogens with zero attached hydrogens (tertiary/aromatic N) is 1. The van der Waals surface area contributed by atoms with Gasteiger partial charge in [-0.2, -0.15) is 5.10 Å². The second-order valence-electron chi connectivity index (χ2n) is 4.33. The van der Waals surface area contributed by atoms with Crippen molar-refractivity contribution in [3.8, 4) is 5.75 Å². The van der Waals surface area contributed by atoms with Crippen LogP contribution >= 0.6 is 15.9 Å². The maximum absolute atomic E-state index is 11.5. The largest absolute Gasteiger partial charge is 0.484 e. The van der Waals surface area contributed by atoms with Crippen molar-refractivity contribution in [3.05, 3.63) is 28.2 Å². The summed E-state index contributed by atoms with van der Waals surface area (Å²) >= 11 is 3.41. The molecule has 0 spiro atoms. The Morgan fingerprint density at radius 1 is 1.47 bits per heavy atom. The molecule has 0 saturated heterocycles. The first-order valence-electron chi connectivity index (χ1n) is 6.24. The minimum atomic E-state index is -0.254. The molecule has 0 atom stereocenters. The molecular weight excluding hydrogens is 308 g/mol. The molecule has 0 aliphatic carbocycles. The highest BCUT2D eigenvalue weighted by Crippen LogP contribution is 2.21. The van der Waals surface area contributed by atoms with Crippen molar-refractivity contribution < 1.29 is 9.53 Å². The van der Waals surface area contributed by atoms with Gasteiger partial charge in [0.25, 0.3) is 5.91 Å². The number of aryl methyl sites for hydroxylation is 1. The second-order valence-corrected chi connectivity index (χ2v) is 5.19. The van der Waals surface area contributed by atoms with Crippen LogP contribution in [0, 0.1) is 6.92 Å². The van der Waals surface area contributed by atoms with Crippen LogP contribution in [0.15, 0.2) is 27.8 Å². The Hall–Kier alpha value is -1.36. The Kier molecular flexibility index (Phi) is 6.56. The fourth-order valence-electron chi connectivity index (χ4n) is 1.46. The summed E-state index contributed by atoms with van der Waals surface area (Å²) in [4.78, 5) is 11.5. The molecule has 0 unspecified atom stereocenters. The van der Waals surface area contributed by atoms with Crippen molar-refractivity contribution in [2.75, 3.05) is 6.61 Å². The van der Waals surface area contributed by atoms with E-state index in [0.717, 1.165) is 28.6 Å². The summed E-state index contributed by atoms with van der Waals surface area (Å²) < 4.78 is 6.41. The van der Waals surface area contributed by atoms with Crippen LogP contribution < -0.4 is 10.2 Å². The molecule has 1 aromatic carbocycles. The van der Waals surface area contributed by atoms with E-state index in [-0.39, 0.29) is 12.5 Å². The highest BCUT2D eigenvalue weighted by Gasteiger charge is 2.03. The molecule has 5 heteroatoms. The molecule has 104 valence electrons. The van der Waals surface area contributed by atoms with Gasteiger partial charge in [-0.15, -0.1) is 0 Å². The first-order chi connectivity index (χ1) is 9.02. The number of benzene rings is 1. The number of ether oxygens (including phenoxy) is 1. The average molecular weight is 327 g/mol. The van der Waals surface area contributed by atoms with Gasteiger partial charge in [-0.05, 0) is 44.0 Å². The van der Waals surface area contributed by atoms with Crippen LogP contribution in [0.3, 0.4) is 0 Å². The molecule has 0 heterocycles. The van der Waals surface area contributed by atoms with Gasteiger partial charge in [-0.1, -0.05) is 29.3 Å². The molecule has 1 aromatic rings. The Labute approximate surface area is 122 Å². The van der Waals surface area contributed by atoms with E-state index in [1.807, 2.05) is 32.0 Å². The lowest BCUT2D eigenvalue weighted by Gasteiger charge is -2.07. The van der Waals surface area contributed by atoms with Gasteiger partial charge in [0.2, 0.25) is 0 Å². The maximum Gasteiger partial charge on any atom is 0.277 e. The van der Waals surface area contributed by atoms with Gasteiger partial charge in [0.15, 0.2) is 6.61 Å². The predicted molar refractivity (Wildman–Crippen MR) is 80.5 cm³/mol. The van der Waals surface area contributed by atoms with Crippen LogP contribution in [0.25, 0.3) is 0 Å². The Balaban J connectivity index is 2.41. The van der Waals surface area contributed by atoms with E-state index >= 15 is 0 Å². The SMILES string of the molecule is CCC/C(C)=N/NC(=O)COc1ccc(Br)c(C)c1. The fourth-order valence-corrected chi connectivity index (χ4v) is 1.71. The van der Waals surface area contributed by atoms with Crippen molar-refractivity contribution in [1.29, 1.82) is 0 Å². The van der Waals surface area contributed by atoms with Crippen molar-refractivity contribution >= 4 is 27.5 Å². The highest BCUT2D eigenvalue weighted by atomic mass is 79.9. The number of amides is 1. The molecule has 0 aliphatic heterocycles. The normalized spacial score (nSPS) is 11.3. The summed E-state index contributed by atoms with van der Waals surface area (Å²) in [6.45, 7) is 5.89. The third-order valence-electron chi connectivity index (χ3n) is 2.48. The molecule has 1 rings (SSSR count). The van der Waals surface area contributed by atoms with Gasteiger partial charge in [0.05, 0.1) is 0 Å². The lowest BCUT2D eigenvalue weighted by atomic mass is 10.2. The minimum Gasteiger partial charge on any atom is -0.484 e. The number of hydrazone groups is 1. The summed E-state index contributed by atoms with van der Waals surface area (Å²) in [5, 5.41) is 3.99. The quantitative estimate of drug-likeness (QED) is 0.643. The van der Waals surface area contributed by atoms with Crippen molar-refractivity contribution in [1.82, 2.24) is 5.43 Å². The predicted octanol–water partition coefficient (Wildman–Crippen LogP) is 3.43. The number of rotatable bonds is 6. The molecule has 1 N–H and O–H groups in total. The topological polar surface area (TPSA) is 50.7 Å². The summed E-state index contributed by atoms with van der Waals surface area (Å²) in [6.07, 6.45) is 1.90. The Morgan fingerprint density at radius 3 is 2.84 bits per heavy atom. The van der Waals surface area contributed by atoms with Crippen molar-refractivity contribution in [2.24, 2.45) is 5.10 Å². The average Bonchev–Trinajstić information content (AvgIpc) is 2.38. The van der Waals surface area contributed by atoms with E-state index < -0.39 is 0 Å². The minimum absolute atomic E-state index is 0.0377. The molecule has 19 heavy (non-hydrogen) atoms. The first-order valence-corrected chi connectivity index (χ1v) is 7.03. The maximum atomic E-state index is 11.5. The molecule has 0 aromatic heterocycles. The van der Waals surface area contributed by atoms with E-state index in [2.05, 4.69) is 33.4 Å². The number of halogens is 1. The van der Waals surface area contributed by atoms with Gasteiger partial charge in [0, 0.05) is 10.2 Å². The summed E-state index contributed by atoms with van der Waals surface area (Å²) in [6, 6.07) is 5.59. The smallest absolute Gasteiger partial charge is 0.277 e. The molecule has 1 amide bonds. The molecule has 0 fully saturated rings. The molecular formula is C14H19BrN2O2. The van der Waals surface area contributed by atoms with E-state index in [0.29, 0.717) is 5.75 Å². The van der Waals surface area contributed by atoms with Gasteiger partial charge in [0.1, 0.15) is 5.75 Å². The van der Waals surface area contributed by atoms with Crippen molar-refractivity contribution in [3.63, 3.8) is 0 Å². The Bertz CT molecular complexity index is 473. The molecule has 0 bridgehead atoms. The van der Waals surface area contributed by atoms with E-state index in [9.17, 15) is 4.79 Å². The van der Waals surface area contributed by atoms with Gasteiger partial charge < -0.3 is 4.74 Å². The van der Waals surface area contributed by atoms with Crippen LogP contribution in [-0.4, -0.2) is 18.2 Å². The third kappa shape index (κ3) is 5.87. The number of carbonyl (C=O) groups excluding carboxylic acids is 1. The van der Waals surface area contributed by atoms with Gasteiger partial charge in [-0.3, -0.25) is 4.79 Å². The summed E-state index contributed by atoms with van der Waals surface area (Å²) in [5.74, 6) is 0.418. The fraction of sp³-hybridized carbons (Fsp3) is 0.429. The second kappa shape index (κ2) is 7.94. The molecule has 4 nitrogen and oxygen atoms in total. The zero-order valence-electron chi connectivity index (χ0n) is 11.5. The van der Waals surface area contributed by atoms with Gasteiger partial charge in [-0.25, -0.2) is 5.43 Å². The zero-order valence-corrected chi connectivity index (χ0v) is 13.1. The zero-order chi connectivity index (χ0) is 14.3. The first kappa shape index (κ1) is 15.7. The van der Waals surface area contributed by atoms with E-state index in [1.165, 1.54) is 0 Å². The van der Waals surface area contributed by atoms with Crippen LogP contribution in [0.4, 0.5) is 0 Å². The van der Waals surface area contributed by atoms with Crippen LogP contribution in [0.1, 0.15) is 32.3 Å². The number of nitrogens with one attached hydrogen (secondary N) is 1. The summed E-state index contributed by atoms with van der Waals surface area (Å²) in [5.41, 5.74) is 4.46. The van der Waals surface area contributed by atoms with Crippen LogP contribution in [0.2, 0.25) is 0 Å². The lowest BCUT2D eigenvalue weighted by molar-refractivity contribution is -0.123. The number of carbonyl (C=O) groups is 1. The monoisotopic (exact) mass is 326 g/mol. The number of hydrogen-bond donors (Lipinski definition) is 1.